The van der Waals surface area contributed by atoms with Crippen LogP contribution < -0.4 is 5.32 Å². The van der Waals surface area contributed by atoms with Crippen LogP contribution in [0.2, 0.25) is 0 Å². The van der Waals surface area contributed by atoms with Crippen LogP contribution in [0.4, 0.5) is 4.79 Å². The summed E-state index contributed by atoms with van der Waals surface area (Å²) in [6.07, 6.45) is 8.68. The minimum atomic E-state index is -0.417. The van der Waals surface area contributed by atoms with Crippen molar-refractivity contribution in [2.24, 2.45) is 0 Å². The van der Waals surface area contributed by atoms with Crippen LogP contribution in [0.5, 0.6) is 0 Å². The lowest BCUT2D eigenvalue weighted by Crippen LogP contribution is -2.50. The number of rotatable bonds is 5. The molecule has 2 saturated heterocycles. The van der Waals surface area contributed by atoms with Gasteiger partial charge in [0.15, 0.2) is 0 Å². The Hall–Kier alpha value is -0.810. The maximum atomic E-state index is 12.4. The van der Waals surface area contributed by atoms with Gasteiger partial charge in [-0.15, -0.1) is 0 Å². The van der Waals surface area contributed by atoms with E-state index in [9.17, 15) is 4.79 Å². The number of carbonyl (C=O) groups is 1. The highest BCUT2D eigenvalue weighted by Crippen LogP contribution is 2.20. The van der Waals surface area contributed by atoms with Gasteiger partial charge in [-0.25, -0.2) is 4.79 Å². The third-order valence-corrected chi connectivity index (χ3v) is 4.94. The summed E-state index contributed by atoms with van der Waals surface area (Å²) in [4.78, 5) is 16.9. The standard InChI is InChI=1S/C19H37N3O2/c1-19(2,3)24-18(23)22-14-9-6-10-17(22)16-20-11-15-21-12-7-4-5-8-13-21/h17,20H,4-16H2,1-3H3. The van der Waals surface area contributed by atoms with Crippen molar-refractivity contribution in [2.75, 3.05) is 39.3 Å². The Balaban J connectivity index is 1.71. The van der Waals surface area contributed by atoms with Crippen LogP contribution in [0.25, 0.3) is 0 Å². The molecule has 2 fully saturated rings. The van der Waals surface area contributed by atoms with Crippen LogP contribution in [0, 0.1) is 0 Å². The summed E-state index contributed by atoms with van der Waals surface area (Å²) in [5.41, 5.74) is -0.417. The zero-order valence-electron chi connectivity index (χ0n) is 16.0. The van der Waals surface area contributed by atoms with E-state index in [0.717, 1.165) is 39.0 Å². The Morgan fingerprint density at radius 3 is 2.38 bits per heavy atom. The molecule has 2 aliphatic heterocycles. The number of nitrogens with zero attached hydrogens (tertiary/aromatic N) is 2. The zero-order chi connectivity index (χ0) is 17.4. The van der Waals surface area contributed by atoms with Crippen LogP contribution in [-0.4, -0.2) is 66.8 Å². The molecule has 1 amide bonds. The van der Waals surface area contributed by atoms with Gasteiger partial charge in [0.25, 0.3) is 0 Å². The van der Waals surface area contributed by atoms with Crippen LogP contribution in [0.1, 0.15) is 65.7 Å². The predicted octanol–water partition coefficient (Wildman–Crippen LogP) is 3.24. The normalized spacial score (nSPS) is 23.8. The van der Waals surface area contributed by atoms with E-state index < -0.39 is 5.60 Å². The Bertz CT molecular complexity index is 373. The monoisotopic (exact) mass is 339 g/mol. The summed E-state index contributed by atoms with van der Waals surface area (Å²) in [5.74, 6) is 0. The molecule has 140 valence electrons. The number of ether oxygens (including phenoxy) is 1. The number of amides is 1. The minimum absolute atomic E-state index is 0.151. The van der Waals surface area contributed by atoms with E-state index in [1.54, 1.807) is 0 Å². The van der Waals surface area contributed by atoms with Gasteiger partial charge in [0, 0.05) is 32.2 Å². The van der Waals surface area contributed by atoms with Crippen molar-refractivity contribution in [1.29, 1.82) is 0 Å². The van der Waals surface area contributed by atoms with Gasteiger partial charge < -0.3 is 19.9 Å². The van der Waals surface area contributed by atoms with Gasteiger partial charge in [-0.05, 0) is 66.0 Å². The highest BCUT2D eigenvalue weighted by Gasteiger charge is 2.30. The highest BCUT2D eigenvalue weighted by molar-refractivity contribution is 5.68. The molecule has 1 unspecified atom stereocenters. The maximum absolute atomic E-state index is 12.4. The molecule has 0 aromatic carbocycles. The average molecular weight is 340 g/mol. The summed E-state index contributed by atoms with van der Waals surface area (Å²) >= 11 is 0. The van der Waals surface area contributed by atoms with Gasteiger partial charge in [-0.2, -0.15) is 0 Å². The molecule has 2 aliphatic rings. The highest BCUT2D eigenvalue weighted by atomic mass is 16.6. The van der Waals surface area contributed by atoms with E-state index in [0.29, 0.717) is 0 Å². The van der Waals surface area contributed by atoms with Gasteiger partial charge in [0.1, 0.15) is 5.60 Å². The number of carbonyl (C=O) groups excluding carboxylic acids is 1. The molecule has 1 N–H and O–H groups in total. The molecule has 5 heteroatoms. The van der Waals surface area contributed by atoms with Crippen molar-refractivity contribution < 1.29 is 9.53 Å². The number of hydrogen-bond acceptors (Lipinski definition) is 4. The first-order valence-corrected chi connectivity index (χ1v) is 9.88. The van der Waals surface area contributed by atoms with Gasteiger partial charge in [-0.1, -0.05) is 12.8 Å². The largest absolute Gasteiger partial charge is 0.444 e. The molecule has 0 bridgehead atoms. The number of likely N-dealkylation sites (tertiary alicyclic amines) is 2. The first-order chi connectivity index (χ1) is 11.5. The van der Waals surface area contributed by atoms with E-state index in [2.05, 4.69) is 10.2 Å². The van der Waals surface area contributed by atoms with Gasteiger partial charge in [-0.3, -0.25) is 0 Å². The molecular formula is C19H37N3O2. The fraction of sp³-hybridized carbons (Fsp3) is 0.947. The number of hydrogen-bond donors (Lipinski definition) is 1. The lowest BCUT2D eigenvalue weighted by molar-refractivity contribution is 0.00993. The lowest BCUT2D eigenvalue weighted by Gasteiger charge is -2.37. The Labute approximate surface area is 148 Å². The summed E-state index contributed by atoms with van der Waals surface area (Å²) < 4.78 is 5.57. The molecule has 0 saturated carbocycles. The minimum Gasteiger partial charge on any atom is -0.444 e. The predicted molar refractivity (Wildman–Crippen MR) is 98.4 cm³/mol. The van der Waals surface area contributed by atoms with E-state index in [1.165, 1.54) is 45.2 Å². The molecule has 0 aliphatic carbocycles. The van der Waals surface area contributed by atoms with E-state index in [-0.39, 0.29) is 12.1 Å². The zero-order valence-corrected chi connectivity index (χ0v) is 16.0. The van der Waals surface area contributed by atoms with Gasteiger partial charge in [0.2, 0.25) is 0 Å². The van der Waals surface area contributed by atoms with Gasteiger partial charge >= 0.3 is 6.09 Å². The molecular weight excluding hydrogens is 302 g/mol. The lowest BCUT2D eigenvalue weighted by atomic mass is 10.0. The fourth-order valence-electron chi connectivity index (χ4n) is 3.64. The molecule has 0 spiro atoms. The smallest absolute Gasteiger partial charge is 0.410 e. The average Bonchev–Trinajstić information content (AvgIpc) is 2.79. The van der Waals surface area contributed by atoms with Crippen LogP contribution in [0.15, 0.2) is 0 Å². The van der Waals surface area contributed by atoms with Gasteiger partial charge in [0.05, 0.1) is 0 Å². The van der Waals surface area contributed by atoms with E-state index >= 15 is 0 Å². The van der Waals surface area contributed by atoms with Crippen molar-refractivity contribution in [1.82, 2.24) is 15.1 Å². The molecule has 2 rings (SSSR count). The van der Waals surface area contributed by atoms with E-state index in [4.69, 9.17) is 4.74 Å². The van der Waals surface area contributed by atoms with Crippen LogP contribution in [0.3, 0.4) is 0 Å². The topological polar surface area (TPSA) is 44.8 Å². The van der Waals surface area contributed by atoms with Crippen molar-refractivity contribution in [3.63, 3.8) is 0 Å². The Morgan fingerprint density at radius 2 is 1.71 bits per heavy atom. The quantitative estimate of drug-likeness (QED) is 0.781. The SMILES string of the molecule is CC(C)(C)OC(=O)N1CCCCC1CNCCN1CCCCCC1. The first-order valence-electron chi connectivity index (χ1n) is 9.88. The van der Waals surface area contributed by atoms with Crippen LogP contribution >= 0.6 is 0 Å². The Morgan fingerprint density at radius 1 is 1.04 bits per heavy atom. The second-order valence-corrected chi connectivity index (χ2v) is 8.28. The molecule has 1 atom stereocenters. The molecule has 2 heterocycles. The number of nitrogens with one attached hydrogen (secondary N) is 1. The Kier molecular flexibility index (Phi) is 7.82. The summed E-state index contributed by atoms with van der Waals surface area (Å²) in [6, 6.07) is 0.276. The maximum Gasteiger partial charge on any atom is 0.410 e. The van der Waals surface area contributed by atoms with Crippen LogP contribution in [-0.2, 0) is 4.74 Å². The number of piperidine rings is 1. The summed E-state index contributed by atoms with van der Waals surface area (Å²) in [5, 5.41) is 3.58. The fourth-order valence-corrected chi connectivity index (χ4v) is 3.64. The third kappa shape index (κ3) is 6.98. The molecule has 24 heavy (non-hydrogen) atoms. The van der Waals surface area contributed by atoms with E-state index in [1.807, 2.05) is 25.7 Å². The molecule has 5 nitrogen and oxygen atoms in total. The van der Waals surface area contributed by atoms with Crippen molar-refractivity contribution in [2.45, 2.75) is 77.4 Å². The van der Waals surface area contributed by atoms with Crippen molar-refractivity contribution in [3.05, 3.63) is 0 Å². The summed E-state index contributed by atoms with van der Waals surface area (Å²) in [6.45, 7) is 12.1. The first kappa shape index (κ1) is 19.5. The summed E-state index contributed by atoms with van der Waals surface area (Å²) in [7, 11) is 0. The second-order valence-electron chi connectivity index (χ2n) is 8.28. The molecule has 0 aromatic rings. The van der Waals surface area contributed by atoms with Crippen molar-refractivity contribution >= 4 is 6.09 Å². The third-order valence-electron chi connectivity index (χ3n) is 4.94. The molecule has 0 aromatic heterocycles. The second kappa shape index (κ2) is 9.62. The van der Waals surface area contributed by atoms with Crippen molar-refractivity contribution in [3.8, 4) is 0 Å². The molecule has 0 radical (unpaired) electrons.